The Morgan fingerprint density at radius 1 is 0.130 bits per heavy atom. The van der Waals surface area contributed by atoms with Crippen molar-refractivity contribution in [1.82, 2.24) is 29.9 Å². The number of rotatable bonds is 12. The molecular weight excluding hydrogens is 1310 g/mol. The molecule has 0 aliphatic rings. The minimum atomic E-state index is 0.681. The SMILES string of the molecule is c1ccc(-c2ccc(-c3cc(-c4cccc(-c5cccnc5)c4)nc(-c4ccc(-c5ccc6c7ccccc7c7ccccc7c6c5)cc4)n3)cc2)cc1.c1ccc(-c2ccc(-c3cc(-c4cccc(-c5cccnc5)c4)nc(-c4cccc(-c5ccc6c7ccccc7c7ccccc7c6c5)c4)n3)cc2)cc1. The van der Waals surface area contributed by atoms with Crippen LogP contribution in [0.25, 0.3) is 199 Å². The summed E-state index contributed by atoms with van der Waals surface area (Å²) in [7, 11) is 0. The standard InChI is InChI=1S/2C51H33N3/c1-2-11-34(12-3-1)35-22-24-36(25-23-35)49-32-50(40-15-8-14-38(29-40)42-17-10-28-52-33-42)54-51(53-49)41-16-9-13-37(30-41)39-26-27-47-45-20-5-4-18-43(45)44-19-6-7-21-46(44)48(47)31-39;1-2-10-34(11-3-1)35-19-23-37(24-20-35)49-32-50(41-13-8-12-39(30-41)42-14-9-29-52-33-42)54-51(53-49)38-25-21-36(22-26-38)40-27-28-47-45-17-5-4-15-43(45)44-16-6-7-18-46(44)48(47)31-40/h2*1-33H. The smallest absolute Gasteiger partial charge is 0.160 e. The Bertz CT molecular complexity index is 6680. The molecule has 0 radical (unpaired) electrons. The summed E-state index contributed by atoms with van der Waals surface area (Å²) in [5.41, 5.74) is 23.1. The Balaban J connectivity index is 0.000000147. The Kier molecular flexibility index (Phi) is 16.9. The summed E-state index contributed by atoms with van der Waals surface area (Å²) in [6, 6.07) is 133. The molecule has 20 rings (SSSR count). The van der Waals surface area contributed by atoms with Crippen LogP contribution >= 0.6 is 0 Å². The molecule has 4 heterocycles. The molecule has 0 saturated carbocycles. The molecule has 0 aliphatic heterocycles. The van der Waals surface area contributed by atoms with Crippen molar-refractivity contribution in [1.29, 1.82) is 0 Å². The van der Waals surface area contributed by atoms with Crippen molar-refractivity contribution in [3.63, 3.8) is 0 Å². The van der Waals surface area contributed by atoms with Crippen molar-refractivity contribution in [2.45, 2.75) is 0 Å². The third-order valence-electron chi connectivity index (χ3n) is 20.8. The van der Waals surface area contributed by atoms with Crippen LogP contribution in [0.2, 0.25) is 0 Å². The second-order valence-corrected chi connectivity index (χ2v) is 27.3. The zero-order chi connectivity index (χ0) is 71.7. The van der Waals surface area contributed by atoms with E-state index >= 15 is 0 Å². The number of pyridine rings is 2. The largest absolute Gasteiger partial charge is 0.264 e. The summed E-state index contributed by atoms with van der Waals surface area (Å²) < 4.78 is 0. The van der Waals surface area contributed by atoms with Crippen LogP contribution < -0.4 is 0 Å². The highest BCUT2D eigenvalue weighted by molar-refractivity contribution is 6.27. The van der Waals surface area contributed by atoms with Crippen molar-refractivity contribution in [2.24, 2.45) is 0 Å². The van der Waals surface area contributed by atoms with Crippen LogP contribution in [0.15, 0.2) is 401 Å². The van der Waals surface area contributed by atoms with E-state index in [9.17, 15) is 0 Å². The van der Waals surface area contributed by atoms with E-state index < -0.39 is 0 Å². The topological polar surface area (TPSA) is 77.3 Å². The zero-order valence-corrected chi connectivity index (χ0v) is 58.8. The maximum atomic E-state index is 5.23. The minimum absolute atomic E-state index is 0.681. The van der Waals surface area contributed by atoms with Crippen molar-refractivity contribution in [3.8, 4) is 135 Å². The first-order chi connectivity index (χ1) is 53.5. The van der Waals surface area contributed by atoms with Gasteiger partial charge in [-0.3, -0.25) is 9.97 Å². The van der Waals surface area contributed by atoms with Crippen molar-refractivity contribution >= 4 is 64.6 Å². The highest BCUT2D eigenvalue weighted by Crippen LogP contribution is 2.42. The molecule has 0 unspecified atom stereocenters. The average molecular weight is 1380 g/mol. The van der Waals surface area contributed by atoms with E-state index in [2.05, 4.69) is 362 Å². The predicted octanol–water partition coefficient (Wildman–Crippen LogP) is 26.7. The van der Waals surface area contributed by atoms with Gasteiger partial charge in [-0.05, 0) is 175 Å². The molecule has 0 N–H and O–H groups in total. The molecule has 504 valence electrons. The van der Waals surface area contributed by atoms with Crippen LogP contribution in [0.4, 0.5) is 0 Å². The average Bonchev–Trinajstić information content (AvgIpc) is 0.748. The molecule has 108 heavy (non-hydrogen) atoms. The Morgan fingerprint density at radius 2 is 0.370 bits per heavy atom. The van der Waals surface area contributed by atoms with E-state index in [1.165, 1.54) is 92.5 Å². The molecule has 0 atom stereocenters. The van der Waals surface area contributed by atoms with E-state index in [1.807, 2.05) is 36.7 Å². The third-order valence-corrected chi connectivity index (χ3v) is 20.8. The molecule has 6 heteroatoms. The fourth-order valence-electron chi connectivity index (χ4n) is 15.3. The van der Waals surface area contributed by atoms with Gasteiger partial charge in [-0.15, -0.1) is 0 Å². The lowest BCUT2D eigenvalue weighted by Gasteiger charge is -2.13. The summed E-state index contributed by atoms with van der Waals surface area (Å²) in [6.07, 6.45) is 7.39. The maximum Gasteiger partial charge on any atom is 0.160 e. The Labute approximate surface area is 626 Å². The number of benzene rings is 16. The molecule has 0 aliphatic carbocycles. The molecule has 0 saturated heterocycles. The number of aromatic nitrogens is 6. The van der Waals surface area contributed by atoms with Gasteiger partial charge in [0.05, 0.1) is 22.8 Å². The lowest BCUT2D eigenvalue weighted by Crippen LogP contribution is -1.96. The van der Waals surface area contributed by atoms with E-state index in [1.54, 1.807) is 12.4 Å². The number of fused-ring (bicyclic) bond motifs is 12. The van der Waals surface area contributed by atoms with Gasteiger partial charge in [0.2, 0.25) is 0 Å². The minimum Gasteiger partial charge on any atom is -0.264 e. The first-order valence-electron chi connectivity index (χ1n) is 36.5. The fraction of sp³-hybridized carbons (Fsp3) is 0. The summed E-state index contributed by atoms with van der Waals surface area (Å²) in [5, 5.41) is 15.2. The van der Waals surface area contributed by atoms with Gasteiger partial charge in [-0.1, -0.05) is 322 Å². The molecule has 0 amide bonds. The van der Waals surface area contributed by atoms with Gasteiger partial charge >= 0.3 is 0 Å². The molecule has 0 bridgehead atoms. The third kappa shape index (κ3) is 12.7. The van der Waals surface area contributed by atoms with Gasteiger partial charge < -0.3 is 0 Å². The quantitative estimate of drug-likeness (QED) is 0.113. The van der Waals surface area contributed by atoms with Gasteiger partial charge in [-0.25, -0.2) is 19.9 Å². The molecule has 0 spiro atoms. The van der Waals surface area contributed by atoms with Crippen molar-refractivity contribution in [2.75, 3.05) is 0 Å². The molecule has 6 nitrogen and oxygen atoms in total. The molecule has 20 aromatic rings. The first-order valence-corrected chi connectivity index (χ1v) is 36.5. The summed E-state index contributed by atoms with van der Waals surface area (Å²) in [5.74, 6) is 1.37. The normalized spacial score (nSPS) is 11.3. The monoisotopic (exact) mass is 1370 g/mol. The van der Waals surface area contributed by atoms with Gasteiger partial charge in [-0.2, -0.15) is 0 Å². The van der Waals surface area contributed by atoms with Gasteiger partial charge in [0.15, 0.2) is 11.6 Å². The van der Waals surface area contributed by atoms with Gasteiger partial charge in [0, 0.05) is 69.3 Å². The predicted molar refractivity (Wildman–Crippen MR) is 450 cm³/mol. The van der Waals surface area contributed by atoms with E-state index in [0.717, 1.165) is 95.1 Å². The second kappa shape index (κ2) is 28.3. The second-order valence-electron chi connectivity index (χ2n) is 27.3. The van der Waals surface area contributed by atoms with Gasteiger partial charge in [0.1, 0.15) is 0 Å². The van der Waals surface area contributed by atoms with Crippen LogP contribution in [-0.2, 0) is 0 Å². The highest BCUT2D eigenvalue weighted by atomic mass is 14.9. The number of nitrogens with zero attached hydrogens (tertiary/aromatic N) is 6. The Hall–Kier alpha value is -14.5. The van der Waals surface area contributed by atoms with Crippen LogP contribution in [0.1, 0.15) is 0 Å². The van der Waals surface area contributed by atoms with E-state index in [-0.39, 0.29) is 0 Å². The summed E-state index contributed by atoms with van der Waals surface area (Å²) >= 11 is 0. The molecule has 4 aromatic heterocycles. The molecular formula is C102H66N6. The first kappa shape index (κ1) is 64.4. The van der Waals surface area contributed by atoms with Crippen LogP contribution in [0.5, 0.6) is 0 Å². The van der Waals surface area contributed by atoms with Crippen LogP contribution in [-0.4, -0.2) is 29.9 Å². The van der Waals surface area contributed by atoms with E-state index in [4.69, 9.17) is 19.9 Å². The Morgan fingerprint density at radius 3 is 0.759 bits per heavy atom. The van der Waals surface area contributed by atoms with Crippen LogP contribution in [0, 0.1) is 0 Å². The fourth-order valence-corrected chi connectivity index (χ4v) is 15.3. The molecule has 16 aromatic carbocycles. The number of hydrogen-bond donors (Lipinski definition) is 0. The van der Waals surface area contributed by atoms with Crippen molar-refractivity contribution in [3.05, 3.63) is 401 Å². The van der Waals surface area contributed by atoms with Crippen molar-refractivity contribution < 1.29 is 0 Å². The maximum absolute atomic E-state index is 5.23. The van der Waals surface area contributed by atoms with E-state index in [0.29, 0.717) is 11.6 Å². The van der Waals surface area contributed by atoms with Gasteiger partial charge in [0.25, 0.3) is 0 Å². The summed E-state index contributed by atoms with van der Waals surface area (Å²) in [6.45, 7) is 0. The highest BCUT2D eigenvalue weighted by Gasteiger charge is 2.18. The lowest BCUT2D eigenvalue weighted by atomic mass is 9.92. The molecule has 0 fully saturated rings. The number of hydrogen-bond acceptors (Lipinski definition) is 6. The van der Waals surface area contributed by atoms with Crippen LogP contribution in [0.3, 0.4) is 0 Å². The lowest BCUT2D eigenvalue weighted by molar-refractivity contribution is 1.18. The zero-order valence-electron chi connectivity index (χ0n) is 58.8. The summed E-state index contributed by atoms with van der Waals surface area (Å²) in [4.78, 5) is 29.5.